The number of nitrogens with one attached hydrogen (secondary N) is 1. The molecular weight excluding hydrogens is 338 g/mol. The molecule has 6 nitrogen and oxygen atoms in total. The first-order chi connectivity index (χ1) is 10.8. The Bertz CT molecular complexity index is 377. The number of aliphatic hydroxyl groups is 2. The standard InChI is InChI=1S/C15H29NO5S2/c1-6-22-14(23-7-2)11(16-9(3)18)13-12(10(19)8-17)20-15(4,5)21-13/h10-14,17,19H,6-8H2,1-5H3,(H,16,18)/t10-,11+,12+,13+/m1/s1. The number of carbonyl (C=O) groups is 1. The van der Waals surface area contributed by atoms with Crippen LogP contribution in [-0.2, 0) is 14.3 Å². The lowest BCUT2D eigenvalue weighted by Crippen LogP contribution is -2.54. The van der Waals surface area contributed by atoms with Crippen LogP contribution >= 0.6 is 23.5 Å². The third-order valence-electron chi connectivity index (χ3n) is 3.41. The zero-order chi connectivity index (χ0) is 17.6. The van der Waals surface area contributed by atoms with Gasteiger partial charge in [0, 0.05) is 6.92 Å². The number of rotatable bonds is 9. The Morgan fingerprint density at radius 2 is 1.74 bits per heavy atom. The molecule has 1 amide bonds. The highest BCUT2D eigenvalue weighted by Crippen LogP contribution is 2.37. The van der Waals surface area contributed by atoms with Gasteiger partial charge in [-0.1, -0.05) is 13.8 Å². The van der Waals surface area contributed by atoms with Crippen LogP contribution in [0.5, 0.6) is 0 Å². The number of amides is 1. The van der Waals surface area contributed by atoms with Crippen LogP contribution in [-0.4, -0.2) is 69.0 Å². The molecule has 0 radical (unpaired) electrons. The highest BCUT2D eigenvalue weighted by molar-refractivity contribution is 8.17. The Hall–Kier alpha value is 0.01000. The second kappa shape index (κ2) is 9.48. The average molecular weight is 368 g/mol. The van der Waals surface area contributed by atoms with Crippen LogP contribution in [0.2, 0.25) is 0 Å². The van der Waals surface area contributed by atoms with Gasteiger partial charge < -0.3 is 25.0 Å². The quantitative estimate of drug-likeness (QED) is 0.528. The van der Waals surface area contributed by atoms with Gasteiger partial charge in [0.15, 0.2) is 5.79 Å². The zero-order valence-corrected chi connectivity index (χ0v) is 16.1. The first-order valence-corrected chi connectivity index (χ1v) is 10.00. The molecule has 1 saturated heterocycles. The van der Waals surface area contributed by atoms with Crippen LogP contribution < -0.4 is 5.32 Å². The Labute approximate surface area is 147 Å². The van der Waals surface area contributed by atoms with Gasteiger partial charge in [-0.2, -0.15) is 0 Å². The monoisotopic (exact) mass is 367 g/mol. The molecule has 1 rings (SSSR count). The molecule has 4 atom stereocenters. The summed E-state index contributed by atoms with van der Waals surface area (Å²) in [6.45, 7) is 8.72. The molecular formula is C15H29NO5S2. The summed E-state index contributed by atoms with van der Waals surface area (Å²) in [5.41, 5.74) is 0. The van der Waals surface area contributed by atoms with Crippen LogP contribution in [0.1, 0.15) is 34.6 Å². The largest absolute Gasteiger partial charge is 0.394 e. The van der Waals surface area contributed by atoms with Gasteiger partial charge in [-0.05, 0) is 25.4 Å². The van der Waals surface area contributed by atoms with E-state index < -0.39 is 30.7 Å². The second-order valence-electron chi connectivity index (χ2n) is 5.82. The van der Waals surface area contributed by atoms with Crippen molar-refractivity contribution in [2.24, 2.45) is 0 Å². The maximum absolute atomic E-state index is 11.7. The van der Waals surface area contributed by atoms with Crippen molar-refractivity contribution in [3.05, 3.63) is 0 Å². The Balaban J connectivity index is 3.08. The second-order valence-corrected chi connectivity index (χ2v) is 8.96. The first kappa shape index (κ1) is 21.1. The molecule has 1 heterocycles. The smallest absolute Gasteiger partial charge is 0.217 e. The van der Waals surface area contributed by atoms with E-state index in [9.17, 15) is 15.0 Å². The molecule has 0 bridgehead atoms. The summed E-state index contributed by atoms with van der Waals surface area (Å²) in [4.78, 5) is 11.7. The predicted molar refractivity (Wildman–Crippen MR) is 94.6 cm³/mol. The topological polar surface area (TPSA) is 88.0 Å². The lowest BCUT2D eigenvalue weighted by molar-refractivity contribution is -0.158. The van der Waals surface area contributed by atoms with Crippen molar-refractivity contribution in [2.45, 2.75) is 69.3 Å². The van der Waals surface area contributed by atoms with Crippen LogP contribution in [0.3, 0.4) is 0 Å². The van der Waals surface area contributed by atoms with E-state index in [0.29, 0.717) is 0 Å². The number of thioether (sulfide) groups is 2. The van der Waals surface area contributed by atoms with Gasteiger partial charge in [-0.25, -0.2) is 0 Å². The van der Waals surface area contributed by atoms with Crippen molar-refractivity contribution in [1.82, 2.24) is 5.32 Å². The van der Waals surface area contributed by atoms with E-state index in [-0.39, 0.29) is 16.5 Å². The van der Waals surface area contributed by atoms with Crippen molar-refractivity contribution in [1.29, 1.82) is 0 Å². The minimum absolute atomic E-state index is 0.0739. The van der Waals surface area contributed by atoms with Gasteiger partial charge in [0.1, 0.15) is 18.3 Å². The summed E-state index contributed by atoms with van der Waals surface area (Å²) in [6.07, 6.45) is -2.28. The van der Waals surface area contributed by atoms with E-state index in [2.05, 4.69) is 19.2 Å². The van der Waals surface area contributed by atoms with E-state index in [1.807, 2.05) is 0 Å². The van der Waals surface area contributed by atoms with Gasteiger partial charge in [0.2, 0.25) is 5.91 Å². The van der Waals surface area contributed by atoms with Gasteiger partial charge in [0.25, 0.3) is 0 Å². The van der Waals surface area contributed by atoms with Gasteiger partial charge in [0.05, 0.1) is 17.2 Å². The fourth-order valence-electron chi connectivity index (χ4n) is 2.62. The van der Waals surface area contributed by atoms with Gasteiger partial charge in [-0.3, -0.25) is 4.79 Å². The molecule has 1 aliphatic rings. The lowest BCUT2D eigenvalue weighted by atomic mass is 10.0. The molecule has 0 saturated carbocycles. The SMILES string of the molecule is CCSC(SCC)[C@@H](NC(C)=O)[C@@H]1OC(C)(C)O[C@H]1[C@H](O)CO. The van der Waals surface area contributed by atoms with Crippen LogP contribution in [0.15, 0.2) is 0 Å². The molecule has 23 heavy (non-hydrogen) atoms. The molecule has 8 heteroatoms. The maximum atomic E-state index is 11.7. The lowest BCUT2D eigenvalue weighted by Gasteiger charge is -2.33. The Kier molecular flexibility index (Phi) is 8.68. The summed E-state index contributed by atoms with van der Waals surface area (Å²) < 4.78 is 11.8. The van der Waals surface area contributed by atoms with Gasteiger partial charge >= 0.3 is 0 Å². The first-order valence-electron chi connectivity index (χ1n) is 7.90. The summed E-state index contributed by atoms with van der Waals surface area (Å²) in [5.74, 6) is 0.773. The fourth-order valence-corrected chi connectivity index (χ4v) is 5.34. The fraction of sp³-hybridized carbons (Fsp3) is 0.933. The van der Waals surface area contributed by atoms with Gasteiger partial charge in [-0.15, -0.1) is 23.5 Å². The number of hydrogen-bond donors (Lipinski definition) is 3. The number of carbonyl (C=O) groups excluding carboxylic acids is 1. The minimum Gasteiger partial charge on any atom is -0.394 e. The van der Waals surface area contributed by atoms with E-state index >= 15 is 0 Å². The number of ether oxygens (including phenoxy) is 2. The van der Waals surface area contributed by atoms with Crippen LogP contribution in [0.25, 0.3) is 0 Å². The van der Waals surface area contributed by atoms with E-state index in [4.69, 9.17) is 9.47 Å². The van der Waals surface area contributed by atoms with Crippen molar-refractivity contribution in [3.63, 3.8) is 0 Å². The molecule has 0 aromatic carbocycles. The highest BCUT2D eigenvalue weighted by atomic mass is 32.2. The summed E-state index contributed by atoms with van der Waals surface area (Å²) in [6, 6.07) is -0.324. The molecule has 0 spiro atoms. The number of hydrogen-bond acceptors (Lipinski definition) is 7. The zero-order valence-electron chi connectivity index (χ0n) is 14.4. The molecule has 0 aromatic heterocycles. The minimum atomic E-state index is -1.06. The normalized spacial score (nSPS) is 26.3. The Morgan fingerprint density at radius 3 is 2.17 bits per heavy atom. The molecule has 0 aliphatic carbocycles. The van der Waals surface area contributed by atoms with Crippen molar-refractivity contribution < 1.29 is 24.5 Å². The van der Waals surface area contributed by atoms with Crippen molar-refractivity contribution in [2.75, 3.05) is 18.1 Å². The van der Waals surface area contributed by atoms with Crippen molar-refractivity contribution >= 4 is 29.4 Å². The van der Waals surface area contributed by atoms with E-state index in [1.165, 1.54) is 6.92 Å². The summed E-state index contributed by atoms with van der Waals surface area (Å²) >= 11 is 3.46. The summed E-state index contributed by atoms with van der Waals surface area (Å²) in [5, 5.41) is 22.4. The third kappa shape index (κ3) is 6.10. The molecule has 0 aromatic rings. The van der Waals surface area contributed by atoms with Crippen LogP contribution in [0, 0.1) is 0 Å². The van der Waals surface area contributed by atoms with Crippen molar-refractivity contribution in [3.8, 4) is 0 Å². The highest BCUT2D eigenvalue weighted by Gasteiger charge is 2.50. The Morgan fingerprint density at radius 1 is 1.22 bits per heavy atom. The van der Waals surface area contributed by atoms with E-state index in [1.54, 1.807) is 37.4 Å². The van der Waals surface area contributed by atoms with E-state index in [0.717, 1.165) is 11.5 Å². The average Bonchev–Trinajstić information content (AvgIpc) is 2.79. The number of aliphatic hydroxyl groups excluding tert-OH is 2. The molecule has 1 fully saturated rings. The molecule has 3 N–H and O–H groups in total. The molecule has 0 unspecified atom stereocenters. The predicted octanol–water partition coefficient (Wildman–Crippen LogP) is 1.20. The molecule has 136 valence electrons. The maximum Gasteiger partial charge on any atom is 0.217 e. The third-order valence-corrected chi connectivity index (χ3v) is 6.14. The summed E-state index contributed by atoms with van der Waals surface area (Å²) in [7, 11) is 0. The van der Waals surface area contributed by atoms with Crippen LogP contribution in [0.4, 0.5) is 0 Å². The molecule has 1 aliphatic heterocycles.